The van der Waals surface area contributed by atoms with Crippen LogP contribution in [0.5, 0.6) is 5.75 Å². The third-order valence-corrected chi connectivity index (χ3v) is 4.06. The van der Waals surface area contributed by atoms with Crippen LogP contribution in [0.1, 0.15) is 17.2 Å². The van der Waals surface area contributed by atoms with Gasteiger partial charge in [-0.25, -0.2) is 0 Å². The van der Waals surface area contributed by atoms with E-state index in [1.807, 2.05) is 36.4 Å². The number of rotatable bonds is 1. The van der Waals surface area contributed by atoms with E-state index < -0.39 is 0 Å². The van der Waals surface area contributed by atoms with Gasteiger partial charge in [-0.05, 0) is 18.2 Å². The minimum absolute atomic E-state index is 0.0560. The fraction of sp³-hybridized carbons (Fsp3) is 0.143. The summed E-state index contributed by atoms with van der Waals surface area (Å²) in [6.45, 7) is 0. The average Bonchev–Trinajstić information content (AvgIpc) is 2.75. The van der Waals surface area contributed by atoms with Crippen molar-refractivity contribution in [2.75, 3.05) is 0 Å². The Bertz CT molecular complexity index is 568. The van der Waals surface area contributed by atoms with Crippen molar-refractivity contribution in [3.63, 3.8) is 0 Å². The quantitative estimate of drug-likeness (QED) is 0.736. The van der Waals surface area contributed by atoms with Crippen molar-refractivity contribution in [3.8, 4) is 5.75 Å². The van der Waals surface area contributed by atoms with Crippen LogP contribution in [0.15, 0.2) is 46.9 Å². The molecule has 17 heavy (non-hydrogen) atoms. The molecule has 3 heteroatoms. The van der Waals surface area contributed by atoms with Crippen molar-refractivity contribution in [2.45, 2.75) is 12.5 Å². The maximum atomic E-state index is 6.17. The number of benzene rings is 2. The first-order chi connectivity index (χ1) is 8.25. The summed E-state index contributed by atoms with van der Waals surface area (Å²) in [5.41, 5.74) is 2.27. The van der Waals surface area contributed by atoms with Gasteiger partial charge in [-0.2, -0.15) is 0 Å². The topological polar surface area (TPSA) is 9.23 Å². The Hall–Kier alpha value is -0.990. The molecule has 1 aliphatic heterocycles. The van der Waals surface area contributed by atoms with Gasteiger partial charge in [0.05, 0.1) is 0 Å². The van der Waals surface area contributed by atoms with Gasteiger partial charge in [0.25, 0.3) is 0 Å². The fourth-order valence-electron chi connectivity index (χ4n) is 2.14. The summed E-state index contributed by atoms with van der Waals surface area (Å²) >= 11 is 9.73. The number of halogens is 2. The molecule has 0 bridgehead atoms. The summed E-state index contributed by atoms with van der Waals surface area (Å²) in [7, 11) is 0. The van der Waals surface area contributed by atoms with Crippen LogP contribution in [0.3, 0.4) is 0 Å². The highest BCUT2D eigenvalue weighted by Crippen LogP contribution is 2.41. The highest BCUT2D eigenvalue weighted by molar-refractivity contribution is 9.10. The summed E-state index contributed by atoms with van der Waals surface area (Å²) in [4.78, 5) is 0. The Labute approximate surface area is 113 Å². The molecule has 0 aliphatic carbocycles. The molecule has 1 unspecified atom stereocenters. The van der Waals surface area contributed by atoms with Gasteiger partial charge in [-0.1, -0.05) is 51.8 Å². The Morgan fingerprint density at radius 2 is 1.94 bits per heavy atom. The van der Waals surface area contributed by atoms with Gasteiger partial charge in [0, 0.05) is 27.0 Å². The predicted octanol–water partition coefficient (Wildman–Crippen LogP) is 4.78. The van der Waals surface area contributed by atoms with E-state index in [0.717, 1.165) is 27.2 Å². The van der Waals surface area contributed by atoms with Gasteiger partial charge in [0.1, 0.15) is 11.9 Å². The minimum Gasteiger partial charge on any atom is -0.485 e. The van der Waals surface area contributed by atoms with Gasteiger partial charge < -0.3 is 4.74 Å². The molecule has 0 fully saturated rings. The Morgan fingerprint density at radius 1 is 1.12 bits per heavy atom. The second-order valence-corrected chi connectivity index (χ2v) is 5.31. The van der Waals surface area contributed by atoms with Crippen molar-refractivity contribution >= 4 is 27.5 Å². The highest BCUT2D eigenvalue weighted by atomic mass is 79.9. The molecule has 2 aromatic carbocycles. The first-order valence-corrected chi connectivity index (χ1v) is 6.61. The van der Waals surface area contributed by atoms with E-state index in [-0.39, 0.29) is 6.10 Å². The van der Waals surface area contributed by atoms with Crippen LogP contribution in [0, 0.1) is 0 Å². The number of fused-ring (bicyclic) bond motifs is 1. The van der Waals surface area contributed by atoms with Gasteiger partial charge in [-0.3, -0.25) is 0 Å². The van der Waals surface area contributed by atoms with E-state index >= 15 is 0 Å². The zero-order valence-corrected chi connectivity index (χ0v) is 11.3. The normalized spacial score (nSPS) is 17.6. The van der Waals surface area contributed by atoms with Crippen LogP contribution in [0.25, 0.3) is 0 Å². The number of hydrogen-bond donors (Lipinski definition) is 0. The van der Waals surface area contributed by atoms with Gasteiger partial charge >= 0.3 is 0 Å². The molecule has 0 saturated heterocycles. The Balaban J connectivity index is 1.97. The number of ether oxygens (including phenoxy) is 1. The average molecular weight is 310 g/mol. The molecular formula is C14H10BrClO. The van der Waals surface area contributed by atoms with Gasteiger partial charge in [-0.15, -0.1) is 0 Å². The lowest BCUT2D eigenvalue weighted by molar-refractivity contribution is 0.238. The maximum absolute atomic E-state index is 6.17. The predicted molar refractivity (Wildman–Crippen MR) is 72.7 cm³/mol. The van der Waals surface area contributed by atoms with E-state index in [1.165, 1.54) is 5.56 Å². The van der Waals surface area contributed by atoms with Crippen molar-refractivity contribution < 1.29 is 4.74 Å². The largest absolute Gasteiger partial charge is 0.485 e. The lowest BCUT2D eigenvalue weighted by atomic mass is 10.0. The van der Waals surface area contributed by atoms with E-state index in [2.05, 4.69) is 22.0 Å². The highest BCUT2D eigenvalue weighted by Gasteiger charge is 2.27. The monoisotopic (exact) mass is 308 g/mol. The summed E-state index contributed by atoms with van der Waals surface area (Å²) in [6, 6.07) is 13.9. The summed E-state index contributed by atoms with van der Waals surface area (Å²) in [5.74, 6) is 0.901. The third kappa shape index (κ3) is 1.96. The Morgan fingerprint density at radius 3 is 2.71 bits per heavy atom. The molecule has 0 N–H and O–H groups in total. The maximum Gasteiger partial charge on any atom is 0.129 e. The SMILES string of the molecule is Clc1cccc2c1CC(c1ccccc1Br)O2. The molecule has 0 aromatic heterocycles. The summed E-state index contributed by atoms with van der Waals surface area (Å²) in [6.07, 6.45) is 0.887. The summed E-state index contributed by atoms with van der Waals surface area (Å²) in [5, 5.41) is 0.789. The van der Waals surface area contributed by atoms with Gasteiger partial charge in [0.2, 0.25) is 0 Å². The number of hydrogen-bond acceptors (Lipinski definition) is 1. The smallest absolute Gasteiger partial charge is 0.129 e. The van der Waals surface area contributed by atoms with E-state index in [9.17, 15) is 0 Å². The Kier molecular flexibility index (Phi) is 2.85. The zero-order valence-electron chi connectivity index (χ0n) is 8.99. The van der Waals surface area contributed by atoms with Crippen LogP contribution < -0.4 is 4.74 Å². The lowest BCUT2D eigenvalue weighted by Gasteiger charge is -2.12. The van der Waals surface area contributed by atoms with E-state index in [1.54, 1.807) is 0 Å². The van der Waals surface area contributed by atoms with Crippen molar-refractivity contribution in [1.29, 1.82) is 0 Å². The third-order valence-electron chi connectivity index (χ3n) is 2.99. The summed E-state index contributed by atoms with van der Waals surface area (Å²) < 4.78 is 7.02. The lowest BCUT2D eigenvalue weighted by Crippen LogP contribution is -2.03. The van der Waals surface area contributed by atoms with E-state index in [4.69, 9.17) is 16.3 Å². The molecule has 0 radical (unpaired) electrons. The molecule has 0 saturated carbocycles. The molecule has 0 amide bonds. The second-order valence-electron chi connectivity index (χ2n) is 4.05. The molecule has 0 spiro atoms. The molecule has 2 aromatic rings. The zero-order chi connectivity index (χ0) is 11.8. The molecule has 3 rings (SSSR count). The molecule has 86 valence electrons. The van der Waals surface area contributed by atoms with Crippen molar-refractivity contribution in [3.05, 3.63) is 63.1 Å². The first-order valence-electron chi connectivity index (χ1n) is 5.44. The second kappa shape index (κ2) is 4.35. The molecule has 1 aliphatic rings. The minimum atomic E-state index is 0.0560. The van der Waals surface area contributed by atoms with Crippen molar-refractivity contribution in [1.82, 2.24) is 0 Å². The molecule has 1 atom stereocenters. The van der Waals surface area contributed by atoms with Crippen LogP contribution in [0.4, 0.5) is 0 Å². The van der Waals surface area contributed by atoms with E-state index in [0.29, 0.717) is 0 Å². The van der Waals surface area contributed by atoms with Crippen LogP contribution in [-0.4, -0.2) is 0 Å². The standard InChI is InChI=1S/C14H10BrClO/c15-11-5-2-1-4-9(11)14-8-10-12(16)6-3-7-13(10)17-14/h1-7,14H,8H2. The van der Waals surface area contributed by atoms with Crippen LogP contribution in [-0.2, 0) is 6.42 Å². The molecular weight excluding hydrogens is 300 g/mol. The van der Waals surface area contributed by atoms with Crippen LogP contribution in [0.2, 0.25) is 5.02 Å². The first kappa shape index (κ1) is 11.1. The van der Waals surface area contributed by atoms with Crippen molar-refractivity contribution in [2.24, 2.45) is 0 Å². The van der Waals surface area contributed by atoms with Crippen LogP contribution >= 0.6 is 27.5 Å². The molecule has 1 heterocycles. The molecule has 1 nitrogen and oxygen atoms in total. The van der Waals surface area contributed by atoms with Gasteiger partial charge in [0.15, 0.2) is 0 Å². The fourth-order valence-corrected chi connectivity index (χ4v) is 2.92.